The Labute approximate surface area is 143 Å². The van der Waals surface area contributed by atoms with Crippen LogP contribution in [0.4, 0.5) is 5.69 Å². The average molecular weight is 349 g/mol. The van der Waals surface area contributed by atoms with Gasteiger partial charge in [0.2, 0.25) is 0 Å². The summed E-state index contributed by atoms with van der Waals surface area (Å²) < 4.78 is 28.9. The van der Waals surface area contributed by atoms with E-state index in [-0.39, 0.29) is 10.8 Å². The SMILES string of the molecule is CC/C=C(/C)C(=O)Nc1cccc(S(=O)(=O)/N=C2/CCCN2C)c1. The van der Waals surface area contributed by atoms with Crippen LogP contribution in [0.15, 0.2) is 45.2 Å². The highest BCUT2D eigenvalue weighted by atomic mass is 32.2. The number of carbonyl (C=O) groups excluding carboxylic acids is 1. The summed E-state index contributed by atoms with van der Waals surface area (Å²) in [4.78, 5) is 13.9. The average Bonchev–Trinajstić information content (AvgIpc) is 2.92. The Morgan fingerprint density at radius 3 is 2.79 bits per heavy atom. The van der Waals surface area contributed by atoms with Crippen LogP contribution in [0.1, 0.15) is 33.1 Å². The second kappa shape index (κ2) is 7.61. The van der Waals surface area contributed by atoms with Gasteiger partial charge in [-0.3, -0.25) is 4.79 Å². The van der Waals surface area contributed by atoms with Crippen LogP contribution in [0.5, 0.6) is 0 Å². The number of anilines is 1. The number of allylic oxidation sites excluding steroid dienone is 1. The van der Waals surface area contributed by atoms with Gasteiger partial charge in [0.05, 0.1) is 4.90 Å². The van der Waals surface area contributed by atoms with Crippen LogP contribution in [0.25, 0.3) is 0 Å². The third kappa shape index (κ3) is 4.44. The Hall–Kier alpha value is -2.15. The maximum atomic E-state index is 12.5. The highest BCUT2D eigenvalue weighted by Gasteiger charge is 2.20. The quantitative estimate of drug-likeness (QED) is 0.829. The maximum absolute atomic E-state index is 12.5. The summed E-state index contributed by atoms with van der Waals surface area (Å²) in [5.41, 5.74) is 1.03. The Bertz CT molecular complexity index is 782. The molecule has 1 aromatic carbocycles. The minimum atomic E-state index is -3.79. The molecule has 0 aromatic heterocycles. The number of rotatable bonds is 5. The molecule has 1 heterocycles. The third-order valence-corrected chi connectivity index (χ3v) is 5.12. The molecule has 0 saturated carbocycles. The Kier molecular flexibility index (Phi) is 5.77. The van der Waals surface area contributed by atoms with Crippen molar-refractivity contribution in [1.82, 2.24) is 4.90 Å². The standard InChI is InChI=1S/C17H23N3O3S/c1-4-7-13(2)17(21)18-14-8-5-9-15(12-14)24(22,23)19-16-10-6-11-20(16)3/h5,7-9,12H,4,6,10-11H2,1-3H3,(H,18,21)/b13-7-,19-16-. The van der Waals surface area contributed by atoms with Crippen LogP contribution in [0.2, 0.25) is 0 Å². The fourth-order valence-electron chi connectivity index (χ4n) is 2.46. The zero-order chi connectivity index (χ0) is 17.7. The van der Waals surface area contributed by atoms with Gasteiger partial charge in [0.25, 0.3) is 15.9 Å². The summed E-state index contributed by atoms with van der Waals surface area (Å²) in [6, 6.07) is 6.18. The third-order valence-electron chi connectivity index (χ3n) is 3.82. The molecule has 0 spiro atoms. The van der Waals surface area contributed by atoms with Gasteiger partial charge in [-0.2, -0.15) is 8.42 Å². The summed E-state index contributed by atoms with van der Waals surface area (Å²) in [6.07, 6.45) is 4.15. The summed E-state index contributed by atoms with van der Waals surface area (Å²) in [6.45, 7) is 4.48. The molecule has 1 aliphatic rings. The summed E-state index contributed by atoms with van der Waals surface area (Å²) >= 11 is 0. The monoisotopic (exact) mass is 349 g/mol. The Balaban J connectivity index is 2.24. The molecule has 24 heavy (non-hydrogen) atoms. The van der Waals surface area contributed by atoms with Crippen molar-refractivity contribution in [1.29, 1.82) is 0 Å². The molecular weight excluding hydrogens is 326 g/mol. The van der Waals surface area contributed by atoms with E-state index in [1.165, 1.54) is 12.1 Å². The van der Waals surface area contributed by atoms with Crippen molar-refractivity contribution in [2.75, 3.05) is 18.9 Å². The Morgan fingerprint density at radius 2 is 2.17 bits per heavy atom. The van der Waals surface area contributed by atoms with Crippen molar-refractivity contribution in [3.05, 3.63) is 35.9 Å². The highest BCUT2D eigenvalue weighted by Crippen LogP contribution is 2.20. The van der Waals surface area contributed by atoms with Gasteiger partial charge in [0.1, 0.15) is 5.84 Å². The van der Waals surface area contributed by atoms with E-state index in [1.807, 2.05) is 24.9 Å². The molecule has 1 amide bonds. The number of carbonyl (C=O) groups is 1. The molecular formula is C17H23N3O3S. The topological polar surface area (TPSA) is 78.8 Å². The lowest BCUT2D eigenvalue weighted by Gasteiger charge is -2.11. The number of hydrogen-bond donors (Lipinski definition) is 1. The van der Waals surface area contributed by atoms with E-state index in [0.29, 0.717) is 23.5 Å². The van der Waals surface area contributed by atoms with Crippen LogP contribution in [0, 0.1) is 0 Å². The van der Waals surface area contributed by atoms with E-state index >= 15 is 0 Å². The van der Waals surface area contributed by atoms with Crippen molar-refractivity contribution in [3.8, 4) is 0 Å². The molecule has 2 rings (SSSR count). The molecule has 130 valence electrons. The van der Waals surface area contributed by atoms with E-state index in [9.17, 15) is 13.2 Å². The number of nitrogens with zero attached hydrogens (tertiary/aromatic N) is 2. The minimum Gasteiger partial charge on any atom is -0.362 e. The predicted octanol–water partition coefficient (Wildman–Crippen LogP) is 2.79. The molecule has 1 N–H and O–H groups in total. The lowest BCUT2D eigenvalue weighted by atomic mass is 10.2. The van der Waals surface area contributed by atoms with Crippen LogP contribution in [-0.2, 0) is 14.8 Å². The first kappa shape index (κ1) is 18.2. The van der Waals surface area contributed by atoms with Crippen molar-refractivity contribution in [2.24, 2.45) is 4.40 Å². The van der Waals surface area contributed by atoms with E-state index in [2.05, 4.69) is 9.71 Å². The van der Waals surface area contributed by atoms with Crippen molar-refractivity contribution >= 4 is 27.5 Å². The Morgan fingerprint density at radius 1 is 1.42 bits per heavy atom. The first-order valence-corrected chi connectivity index (χ1v) is 9.40. The zero-order valence-corrected chi connectivity index (χ0v) is 15.1. The summed E-state index contributed by atoms with van der Waals surface area (Å²) in [5.74, 6) is 0.333. The number of benzene rings is 1. The molecule has 0 aliphatic carbocycles. The second-order valence-corrected chi connectivity index (χ2v) is 7.39. The fraction of sp³-hybridized carbons (Fsp3) is 0.412. The largest absolute Gasteiger partial charge is 0.362 e. The molecule has 6 nitrogen and oxygen atoms in total. The number of sulfonamides is 1. The molecule has 0 atom stereocenters. The predicted molar refractivity (Wildman–Crippen MR) is 95.6 cm³/mol. The molecule has 1 aromatic rings. The number of hydrogen-bond acceptors (Lipinski definition) is 3. The second-order valence-electron chi connectivity index (χ2n) is 5.79. The van der Waals surface area contributed by atoms with Crippen LogP contribution in [-0.4, -0.2) is 38.7 Å². The first-order chi connectivity index (χ1) is 11.3. The fourth-order valence-corrected chi connectivity index (χ4v) is 3.60. The van der Waals surface area contributed by atoms with Crippen molar-refractivity contribution in [3.63, 3.8) is 0 Å². The number of amidine groups is 1. The van der Waals surface area contributed by atoms with E-state index in [0.717, 1.165) is 19.4 Å². The van der Waals surface area contributed by atoms with E-state index in [1.54, 1.807) is 19.1 Å². The van der Waals surface area contributed by atoms with Gasteiger partial charge in [-0.05, 0) is 38.0 Å². The van der Waals surface area contributed by atoms with Crippen LogP contribution < -0.4 is 5.32 Å². The maximum Gasteiger partial charge on any atom is 0.284 e. The summed E-state index contributed by atoms with van der Waals surface area (Å²) in [5, 5.41) is 2.71. The smallest absolute Gasteiger partial charge is 0.284 e. The van der Waals surface area contributed by atoms with Gasteiger partial charge in [-0.25, -0.2) is 0 Å². The van der Waals surface area contributed by atoms with Gasteiger partial charge >= 0.3 is 0 Å². The number of likely N-dealkylation sites (tertiary alicyclic amines) is 1. The van der Waals surface area contributed by atoms with Gasteiger partial charge in [0, 0.05) is 31.3 Å². The van der Waals surface area contributed by atoms with Crippen LogP contribution >= 0.6 is 0 Å². The van der Waals surface area contributed by atoms with Gasteiger partial charge in [0.15, 0.2) is 0 Å². The zero-order valence-electron chi connectivity index (χ0n) is 14.2. The number of amides is 1. The van der Waals surface area contributed by atoms with Gasteiger partial charge < -0.3 is 10.2 Å². The van der Waals surface area contributed by atoms with E-state index < -0.39 is 10.0 Å². The molecule has 0 radical (unpaired) electrons. The van der Waals surface area contributed by atoms with Crippen molar-refractivity contribution < 1.29 is 13.2 Å². The molecule has 1 saturated heterocycles. The van der Waals surface area contributed by atoms with Gasteiger partial charge in [-0.1, -0.05) is 19.1 Å². The highest BCUT2D eigenvalue weighted by molar-refractivity contribution is 7.90. The first-order valence-electron chi connectivity index (χ1n) is 7.96. The molecule has 7 heteroatoms. The lowest BCUT2D eigenvalue weighted by molar-refractivity contribution is -0.112. The van der Waals surface area contributed by atoms with Crippen LogP contribution in [0.3, 0.4) is 0 Å². The molecule has 0 bridgehead atoms. The van der Waals surface area contributed by atoms with Crippen molar-refractivity contribution in [2.45, 2.75) is 38.0 Å². The lowest BCUT2D eigenvalue weighted by Crippen LogP contribution is -2.20. The molecule has 1 aliphatic heterocycles. The molecule has 0 unspecified atom stereocenters. The summed E-state index contributed by atoms with van der Waals surface area (Å²) in [7, 11) is -1.95. The normalized spacial score (nSPS) is 17.4. The van der Waals surface area contributed by atoms with E-state index in [4.69, 9.17) is 0 Å². The minimum absolute atomic E-state index is 0.0743. The molecule has 1 fully saturated rings. The van der Waals surface area contributed by atoms with Gasteiger partial charge in [-0.15, -0.1) is 4.40 Å². The number of nitrogens with one attached hydrogen (secondary N) is 1.